The number of thiophene rings is 1. The van der Waals surface area contributed by atoms with Crippen molar-refractivity contribution in [3.05, 3.63) is 57.3 Å². The molecule has 5 heteroatoms. The fourth-order valence-corrected chi connectivity index (χ4v) is 4.85. The molecule has 3 atom stereocenters. The first-order valence-electron chi connectivity index (χ1n) is 8.19. The minimum atomic E-state index is -0.860. The molecule has 4 nitrogen and oxygen atoms in total. The zero-order valence-electron chi connectivity index (χ0n) is 13.4. The van der Waals surface area contributed by atoms with Crippen molar-refractivity contribution in [3.63, 3.8) is 0 Å². The first kappa shape index (κ1) is 15.4. The average Bonchev–Trinajstić information content (AvgIpc) is 3.26. The number of benzene rings is 1. The Labute approximate surface area is 144 Å². The third-order valence-corrected chi connectivity index (χ3v) is 6.30. The molecule has 1 aliphatic heterocycles. The van der Waals surface area contributed by atoms with Gasteiger partial charge in [0.2, 0.25) is 5.91 Å². The Balaban J connectivity index is 1.54. The highest BCUT2D eigenvalue weighted by molar-refractivity contribution is 7.10. The number of aliphatic carboxylic acids is 1. The monoisotopic (exact) mass is 341 g/mol. The van der Waals surface area contributed by atoms with Crippen LogP contribution in [0, 0.1) is 12.8 Å². The number of carboxylic acids is 1. The van der Waals surface area contributed by atoms with Gasteiger partial charge in [0, 0.05) is 29.8 Å². The summed E-state index contributed by atoms with van der Waals surface area (Å²) in [6.07, 6.45) is 0.885. The molecule has 1 aromatic carbocycles. The number of hydrogen-bond acceptors (Lipinski definition) is 3. The third kappa shape index (κ3) is 2.53. The summed E-state index contributed by atoms with van der Waals surface area (Å²) in [4.78, 5) is 27.6. The van der Waals surface area contributed by atoms with Crippen molar-refractivity contribution in [2.24, 2.45) is 5.92 Å². The Hall–Kier alpha value is -2.14. The molecule has 0 saturated heterocycles. The molecule has 3 unspecified atom stereocenters. The van der Waals surface area contributed by atoms with Crippen molar-refractivity contribution in [3.8, 4) is 0 Å². The summed E-state index contributed by atoms with van der Waals surface area (Å²) in [6, 6.07) is 9.66. The Kier molecular flexibility index (Phi) is 3.68. The second-order valence-corrected chi connectivity index (χ2v) is 7.67. The quantitative estimate of drug-likeness (QED) is 0.931. The van der Waals surface area contributed by atoms with E-state index < -0.39 is 11.9 Å². The Morgan fingerprint density at radius 2 is 2.04 bits per heavy atom. The van der Waals surface area contributed by atoms with Crippen molar-refractivity contribution in [2.75, 3.05) is 6.54 Å². The number of carbonyl (C=O) groups is 2. The van der Waals surface area contributed by atoms with Gasteiger partial charge in [-0.25, -0.2) is 0 Å². The van der Waals surface area contributed by atoms with Crippen LogP contribution in [0.3, 0.4) is 0 Å². The van der Waals surface area contributed by atoms with Gasteiger partial charge in [-0.3, -0.25) is 9.59 Å². The van der Waals surface area contributed by atoms with E-state index in [0.717, 1.165) is 17.5 Å². The van der Waals surface area contributed by atoms with Crippen LogP contribution in [0.15, 0.2) is 35.7 Å². The minimum absolute atomic E-state index is 0.0158. The lowest BCUT2D eigenvalue weighted by molar-refractivity contribution is -0.141. The van der Waals surface area contributed by atoms with Gasteiger partial charge in [0.1, 0.15) is 0 Å². The summed E-state index contributed by atoms with van der Waals surface area (Å²) < 4.78 is 0. The van der Waals surface area contributed by atoms with Crippen LogP contribution in [-0.2, 0) is 16.1 Å². The number of amides is 1. The van der Waals surface area contributed by atoms with E-state index in [1.807, 2.05) is 24.3 Å². The molecule has 1 aromatic heterocycles. The third-order valence-electron chi connectivity index (χ3n) is 5.15. The molecule has 0 bridgehead atoms. The molecular formula is C19H19NO3S. The van der Waals surface area contributed by atoms with Crippen LogP contribution >= 0.6 is 11.3 Å². The van der Waals surface area contributed by atoms with Crippen molar-refractivity contribution in [1.82, 2.24) is 4.90 Å². The molecule has 2 aromatic rings. The molecule has 124 valence electrons. The van der Waals surface area contributed by atoms with Gasteiger partial charge in [-0.1, -0.05) is 24.3 Å². The van der Waals surface area contributed by atoms with Gasteiger partial charge in [-0.2, -0.15) is 0 Å². The van der Waals surface area contributed by atoms with Crippen LogP contribution in [0.5, 0.6) is 0 Å². The van der Waals surface area contributed by atoms with Gasteiger partial charge >= 0.3 is 5.97 Å². The number of fused-ring (bicyclic) bond motifs is 1. The lowest BCUT2D eigenvalue weighted by Crippen LogP contribution is -2.41. The summed E-state index contributed by atoms with van der Waals surface area (Å²) in [5, 5.41) is 11.6. The molecule has 1 fully saturated rings. The summed E-state index contributed by atoms with van der Waals surface area (Å²) in [5.41, 5.74) is 3.05. The summed E-state index contributed by atoms with van der Waals surface area (Å²) in [7, 11) is 0. The molecule has 2 aliphatic rings. The molecule has 1 saturated carbocycles. The smallest absolute Gasteiger partial charge is 0.312 e. The zero-order valence-corrected chi connectivity index (χ0v) is 14.3. The summed E-state index contributed by atoms with van der Waals surface area (Å²) in [5.74, 6) is -1.05. The Morgan fingerprint density at radius 1 is 1.25 bits per heavy atom. The second kappa shape index (κ2) is 5.74. The number of hydrogen-bond donors (Lipinski definition) is 1. The molecule has 0 radical (unpaired) electrons. The lowest BCUT2D eigenvalue weighted by Gasteiger charge is -2.33. The molecule has 0 spiro atoms. The SMILES string of the molecule is Cc1ccsc1C1CC1C(=O)N1Cc2ccccc2C(C(=O)O)C1. The topological polar surface area (TPSA) is 57.6 Å². The number of rotatable bonds is 3. The fourth-order valence-electron chi connectivity index (χ4n) is 3.74. The zero-order chi connectivity index (χ0) is 16.8. The number of nitrogens with zero attached hydrogens (tertiary/aromatic N) is 1. The molecule has 1 N–H and O–H groups in total. The first-order chi connectivity index (χ1) is 11.6. The predicted molar refractivity (Wildman–Crippen MR) is 92.1 cm³/mol. The first-order valence-corrected chi connectivity index (χ1v) is 9.07. The van der Waals surface area contributed by atoms with E-state index in [1.54, 1.807) is 16.2 Å². The van der Waals surface area contributed by atoms with Crippen LogP contribution in [0.1, 0.15) is 39.8 Å². The highest BCUT2D eigenvalue weighted by Gasteiger charge is 2.48. The molecule has 24 heavy (non-hydrogen) atoms. The molecule has 1 aliphatic carbocycles. The molecule has 1 amide bonds. The largest absolute Gasteiger partial charge is 0.481 e. The van der Waals surface area contributed by atoms with E-state index in [9.17, 15) is 14.7 Å². The Morgan fingerprint density at radius 3 is 2.75 bits per heavy atom. The van der Waals surface area contributed by atoms with E-state index in [2.05, 4.69) is 18.4 Å². The van der Waals surface area contributed by atoms with E-state index in [0.29, 0.717) is 12.5 Å². The minimum Gasteiger partial charge on any atom is -0.481 e. The van der Waals surface area contributed by atoms with Crippen LogP contribution in [0.4, 0.5) is 0 Å². The van der Waals surface area contributed by atoms with Crippen molar-refractivity contribution in [1.29, 1.82) is 0 Å². The van der Waals surface area contributed by atoms with Crippen molar-refractivity contribution in [2.45, 2.75) is 31.7 Å². The van der Waals surface area contributed by atoms with Crippen LogP contribution in [-0.4, -0.2) is 28.4 Å². The normalized spacial score (nSPS) is 25.2. The Bertz CT molecular complexity index is 812. The predicted octanol–water partition coefficient (Wildman–Crippen LogP) is 3.37. The van der Waals surface area contributed by atoms with Crippen molar-refractivity contribution < 1.29 is 14.7 Å². The maximum atomic E-state index is 12.9. The number of carboxylic acid groups (broad SMARTS) is 1. The second-order valence-electron chi connectivity index (χ2n) is 6.72. The molecule has 2 heterocycles. The standard InChI is InChI=1S/C19H19NO3S/c1-11-6-7-24-17(11)14-8-15(14)18(21)20-9-12-4-2-3-5-13(12)16(10-20)19(22)23/h2-7,14-16H,8-10H2,1H3,(H,22,23). The average molecular weight is 341 g/mol. The lowest BCUT2D eigenvalue weighted by atomic mass is 9.89. The van der Waals surface area contributed by atoms with Crippen LogP contribution in [0.2, 0.25) is 0 Å². The maximum absolute atomic E-state index is 12.9. The maximum Gasteiger partial charge on any atom is 0.312 e. The van der Waals surface area contributed by atoms with Crippen molar-refractivity contribution >= 4 is 23.2 Å². The summed E-state index contributed by atoms with van der Waals surface area (Å²) >= 11 is 1.72. The molecule has 4 rings (SSSR count). The van der Waals surface area contributed by atoms with Crippen LogP contribution < -0.4 is 0 Å². The van der Waals surface area contributed by atoms with E-state index in [4.69, 9.17) is 0 Å². The van der Waals surface area contributed by atoms with Gasteiger partial charge < -0.3 is 10.0 Å². The van der Waals surface area contributed by atoms with Gasteiger partial charge in [0.05, 0.1) is 5.92 Å². The number of carbonyl (C=O) groups excluding carboxylic acids is 1. The molecular weight excluding hydrogens is 322 g/mol. The van der Waals surface area contributed by atoms with E-state index in [-0.39, 0.29) is 18.4 Å². The van der Waals surface area contributed by atoms with Gasteiger partial charge in [0.15, 0.2) is 0 Å². The fraction of sp³-hybridized carbons (Fsp3) is 0.368. The highest BCUT2D eigenvalue weighted by atomic mass is 32.1. The van der Waals surface area contributed by atoms with E-state index >= 15 is 0 Å². The van der Waals surface area contributed by atoms with Crippen LogP contribution in [0.25, 0.3) is 0 Å². The van der Waals surface area contributed by atoms with E-state index in [1.165, 1.54) is 10.4 Å². The number of aryl methyl sites for hydroxylation is 1. The summed E-state index contributed by atoms with van der Waals surface area (Å²) in [6.45, 7) is 2.88. The van der Waals surface area contributed by atoms with Gasteiger partial charge in [-0.15, -0.1) is 11.3 Å². The van der Waals surface area contributed by atoms with Gasteiger partial charge in [-0.05, 0) is 41.5 Å². The highest BCUT2D eigenvalue weighted by Crippen LogP contribution is 2.51. The van der Waals surface area contributed by atoms with Gasteiger partial charge in [0.25, 0.3) is 0 Å².